The number of aliphatic hydroxyl groups is 21. The lowest BCUT2D eigenvalue weighted by atomic mass is 9.95. The van der Waals surface area contributed by atoms with E-state index >= 15 is 0 Å². The smallest absolute Gasteiger partial charge is 0.187 e. The highest BCUT2D eigenvalue weighted by molar-refractivity contribution is 4.99. The summed E-state index contributed by atoms with van der Waals surface area (Å²) in [6.07, 6.45) is -56.9. The van der Waals surface area contributed by atoms with Crippen LogP contribution in [0.15, 0.2) is 0 Å². The Bertz CT molecular complexity index is 1450. The van der Waals surface area contributed by atoms with Gasteiger partial charge in [0, 0.05) is 0 Å². The molecule has 29 atom stereocenters. The van der Waals surface area contributed by atoms with Gasteiger partial charge in [-0.2, -0.15) is 0 Å². The van der Waals surface area contributed by atoms with Crippen LogP contribution in [0.4, 0.5) is 0 Å². The maximum Gasteiger partial charge on any atom is 0.187 e. The second kappa shape index (κ2) is 24.9. The van der Waals surface area contributed by atoms with Crippen LogP contribution in [-0.4, -0.2) is 331 Å². The SMILES string of the molecule is OC[C@@H](O)[C@H](O[C@H]1O[C@H](CO[C@@H]2O[C@H](CO)[C@@H](O[C@@H]3O[C@H](CO)[C@H](O)[C@H](O)[C@H]3O)[C@H](O)[C@H]2O)[C@@H](O[C@@H]2O[C@H](CO)[C@@H](O[C@@H]3O[C@H](CO)[C@H](O)[C@H](O)[C@H]3O)[C@H](O)[C@H]2O)[C@H](O)[C@H]1O)[C@H](O)[C@@H](O)CO. The van der Waals surface area contributed by atoms with Gasteiger partial charge in [0.1, 0.15) is 146 Å². The maximum absolute atomic E-state index is 11.5. The monoisotopic (exact) mass is 992 g/mol. The van der Waals surface area contributed by atoms with Gasteiger partial charge in [-0.15, -0.1) is 0 Å². The lowest BCUT2D eigenvalue weighted by Gasteiger charge is -2.49. The molecule has 5 aliphatic rings. The predicted molar refractivity (Wildman–Crippen MR) is 201 cm³/mol. The average molecular weight is 993 g/mol. The first-order valence-corrected chi connectivity index (χ1v) is 21.1. The van der Waals surface area contributed by atoms with Crippen molar-refractivity contribution in [1.82, 2.24) is 0 Å². The van der Waals surface area contributed by atoms with Crippen LogP contribution in [-0.2, 0) is 47.4 Å². The summed E-state index contributed by atoms with van der Waals surface area (Å²) in [5, 5.41) is 218. The zero-order valence-electron chi connectivity index (χ0n) is 35.2. The molecule has 0 aliphatic carbocycles. The zero-order valence-corrected chi connectivity index (χ0v) is 35.2. The lowest BCUT2D eigenvalue weighted by Crippen LogP contribution is -2.67. The minimum Gasteiger partial charge on any atom is -0.394 e. The van der Waals surface area contributed by atoms with Crippen molar-refractivity contribution >= 4 is 0 Å². The van der Waals surface area contributed by atoms with Crippen LogP contribution in [0.5, 0.6) is 0 Å². The van der Waals surface area contributed by atoms with Gasteiger partial charge < -0.3 is 155 Å². The molecule has 21 N–H and O–H groups in total. The van der Waals surface area contributed by atoms with E-state index in [-0.39, 0.29) is 0 Å². The molecule has 0 spiro atoms. The van der Waals surface area contributed by atoms with Crippen LogP contribution in [0.2, 0.25) is 0 Å². The second-order valence-corrected chi connectivity index (χ2v) is 16.6. The van der Waals surface area contributed by atoms with E-state index in [9.17, 15) is 107 Å². The molecule has 0 aromatic heterocycles. The third-order valence-corrected chi connectivity index (χ3v) is 12.1. The van der Waals surface area contributed by atoms with Crippen molar-refractivity contribution in [3.63, 3.8) is 0 Å². The number of rotatable bonds is 20. The second-order valence-electron chi connectivity index (χ2n) is 16.6. The van der Waals surface area contributed by atoms with Crippen LogP contribution in [0.1, 0.15) is 0 Å². The Morgan fingerprint density at radius 1 is 0.343 bits per heavy atom. The quantitative estimate of drug-likeness (QED) is 0.0538. The molecule has 0 aromatic rings. The first kappa shape index (κ1) is 56.7. The van der Waals surface area contributed by atoms with Gasteiger partial charge in [-0.1, -0.05) is 0 Å². The topological polar surface area (TPSA) is 517 Å². The molecular formula is C36H64O31. The van der Waals surface area contributed by atoms with Gasteiger partial charge >= 0.3 is 0 Å². The van der Waals surface area contributed by atoms with Crippen molar-refractivity contribution < 1.29 is 155 Å². The minimum atomic E-state index is -2.30. The molecule has 31 heteroatoms. The standard InChI is InChI=1S/C36H64O31/c37-1-8(43)15(45)28(9(44)2-38)64-36-27(57)22(52)31(67-35-26(56)21(51)30(13(6-42)62-35)66-34-24(54)19(49)17(47)11(4-40)60-34)14(63-36)7-58-32-25(55)20(50)29(12(5-41)61-32)65-33-23(53)18(48)16(46)10(3-39)59-33/h8-57H,1-7H2/t8-,9+,10+,11+,12+,13+,14+,15+,16-,17-,18-,19-,20+,21+,22+,23+,24+,25+,26+,27+,28-,29+,30+,31+,32+,33-,34-,35-,36+/m0/s1. The zero-order chi connectivity index (χ0) is 49.8. The molecule has 0 aromatic carbocycles. The Morgan fingerprint density at radius 2 is 0.672 bits per heavy atom. The molecule has 5 aliphatic heterocycles. The summed E-state index contributed by atoms with van der Waals surface area (Å²) in [7, 11) is 0. The van der Waals surface area contributed by atoms with Crippen molar-refractivity contribution in [3.05, 3.63) is 0 Å². The predicted octanol–water partition coefficient (Wildman–Crippen LogP) is -14.5. The Labute approximate surface area is 378 Å². The normalized spacial score (nSPS) is 48.4. The molecule has 31 nitrogen and oxygen atoms in total. The van der Waals surface area contributed by atoms with E-state index in [1.165, 1.54) is 0 Å². The lowest BCUT2D eigenvalue weighted by molar-refractivity contribution is -0.388. The van der Waals surface area contributed by atoms with Gasteiger partial charge in [0.2, 0.25) is 0 Å². The summed E-state index contributed by atoms with van der Waals surface area (Å²) in [5.74, 6) is 0. The summed E-state index contributed by atoms with van der Waals surface area (Å²) in [6, 6.07) is 0. The molecule has 5 heterocycles. The molecule has 5 fully saturated rings. The molecule has 67 heavy (non-hydrogen) atoms. The highest BCUT2D eigenvalue weighted by Crippen LogP contribution is 2.35. The molecule has 0 bridgehead atoms. The van der Waals surface area contributed by atoms with Crippen LogP contribution < -0.4 is 0 Å². The van der Waals surface area contributed by atoms with Gasteiger partial charge in [-0.3, -0.25) is 0 Å². The first-order chi connectivity index (χ1) is 31.7. The molecule has 5 saturated heterocycles. The van der Waals surface area contributed by atoms with Crippen molar-refractivity contribution in [1.29, 1.82) is 0 Å². The van der Waals surface area contributed by atoms with Gasteiger partial charge in [0.05, 0.1) is 46.2 Å². The summed E-state index contributed by atoms with van der Waals surface area (Å²) in [6.45, 7) is -6.99. The fraction of sp³-hybridized carbons (Fsp3) is 1.00. The third kappa shape index (κ3) is 12.3. The molecule has 0 radical (unpaired) electrons. The largest absolute Gasteiger partial charge is 0.394 e. The maximum atomic E-state index is 11.5. The van der Waals surface area contributed by atoms with E-state index in [2.05, 4.69) is 0 Å². The summed E-state index contributed by atoms with van der Waals surface area (Å²) < 4.78 is 55.6. The Kier molecular flexibility index (Phi) is 21.1. The third-order valence-electron chi connectivity index (χ3n) is 12.1. The number of aliphatic hydroxyl groups excluding tert-OH is 21. The molecule has 394 valence electrons. The van der Waals surface area contributed by atoms with Crippen LogP contribution in [0, 0.1) is 0 Å². The van der Waals surface area contributed by atoms with Crippen molar-refractivity contribution in [2.45, 2.75) is 178 Å². The van der Waals surface area contributed by atoms with Gasteiger partial charge in [-0.25, -0.2) is 0 Å². The Morgan fingerprint density at radius 3 is 1.07 bits per heavy atom. The van der Waals surface area contributed by atoms with E-state index in [4.69, 9.17) is 47.4 Å². The van der Waals surface area contributed by atoms with E-state index < -0.39 is 224 Å². The molecule has 0 amide bonds. The van der Waals surface area contributed by atoms with Gasteiger partial charge in [0.15, 0.2) is 31.5 Å². The summed E-state index contributed by atoms with van der Waals surface area (Å²) >= 11 is 0. The summed E-state index contributed by atoms with van der Waals surface area (Å²) in [4.78, 5) is 0. The fourth-order valence-electron chi connectivity index (χ4n) is 8.01. The van der Waals surface area contributed by atoms with Gasteiger partial charge in [-0.05, 0) is 0 Å². The minimum absolute atomic E-state index is 0.856. The summed E-state index contributed by atoms with van der Waals surface area (Å²) in [5.41, 5.74) is 0. The van der Waals surface area contributed by atoms with Crippen LogP contribution in [0.25, 0.3) is 0 Å². The highest BCUT2D eigenvalue weighted by Gasteiger charge is 2.56. The van der Waals surface area contributed by atoms with E-state index in [1.54, 1.807) is 0 Å². The molecule has 0 saturated carbocycles. The van der Waals surface area contributed by atoms with Gasteiger partial charge in [0.25, 0.3) is 0 Å². The average Bonchev–Trinajstić information content (AvgIpc) is 3.32. The Hall–Kier alpha value is -1.24. The molecule has 5 rings (SSSR count). The van der Waals surface area contributed by atoms with Crippen LogP contribution >= 0.6 is 0 Å². The van der Waals surface area contributed by atoms with Crippen molar-refractivity contribution in [2.75, 3.05) is 46.2 Å². The first-order valence-electron chi connectivity index (χ1n) is 21.1. The van der Waals surface area contributed by atoms with E-state index in [0.717, 1.165) is 0 Å². The number of hydrogen-bond acceptors (Lipinski definition) is 31. The Balaban J connectivity index is 1.37. The van der Waals surface area contributed by atoms with E-state index in [1.807, 2.05) is 0 Å². The molecular weight excluding hydrogens is 928 g/mol. The van der Waals surface area contributed by atoms with Crippen molar-refractivity contribution in [3.8, 4) is 0 Å². The fourth-order valence-corrected chi connectivity index (χ4v) is 8.01. The van der Waals surface area contributed by atoms with Crippen LogP contribution in [0.3, 0.4) is 0 Å². The highest BCUT2D eigenvalue weighted by atomic mass is 16.8. The molecule has 0 unspecified atom stereocenters. The number of ether oxygens (including phenoxy) is 10. The van der Waals surface area contributed by atoms with E-state index in [0.29, 0.717) is 0 Å². The van der Waals surface area contributed by atoms with Crippen molar-refractivity contribution in [2.24, 2.45) is 0 Å². The number of hydrogen-bond donors (Lipinski definition) is 21.